The fraction of sp³-hybridized carbons (Fsp3) is 0.294. The van der Waals surface area contributed by atoms with Gasteiger partial charge >= 0.3 is 0 Å². The molecule has 0 aliphatic rings. The molecule has 0 aliphatic carbocycles. The summed E-state index contributed by atoms with van der Waals surface area (Å²) in [5, 5.41) is 19.5. The minimum Gasteiger partial charge on any atom is -0.409 e. The summed E-state index contributed by atoms with van der Waals surface area (Å²) < 4.78 is 20.6. The van der Waals surface area contributed by atoms with Gasteiger partial charge in [-0.3, -0.25) is 4.68 Å². The van der Waals surface area contributed by atoms with Crippen molar-refractivity contribution in [1.29, 1.82) is 0 Å². The first-order chi connectivity index (χ1) is 13.4. The highest BCUT2D eigenvalue weighted by Gasteiger charge is 2.21. The molecule has 0 fully saturated rings. The molecule has 0 aliphatic heterocycles. The zero-order chi connectivity index (χ0) is 20.3. The number of fused-ring (bicyclic) bond motifs is 1. The molecule has 0 bridgehead atoms. The van der Waals surface area contributed by atoms with E-state index < -0.39 is 0 Å². The number of halogens is 2. The van der Waals surface area contributed by atoms with E-state index in [1.807, 2.05) is 6.92 Å². The number of amidine groups is 1. The summed E-state index contributed by atoms with van der Waals surface area (Å²) in [6, 6.07) is 4.57. The Morgan fingerprint density at radius 2 is 2.21 bits per heavy atom. The summed E-state index contributed by atoms with van der Waals surface area (Å²) in [5.74, 6) is -0.173. The van der Waals surface area contributed by atoms with Gasteiger partial charge in [0.2, 0.25) is 5.28 Å². The molecule has 9 nitrogen and oxygen atoms in total. The summed E-state index contributed by atoms with van der Waals surface area (Å²) in [5.41, 5.74) is 7.80. The van der Waals surface area contributed by atoms with E-state index >= 15 is 0 Å². The van der Waals surface area contributed by atoms with Crippen molar-refractivity contribution in [1.82, 2.24) is 19.7 Å². The Morgan fingerprint density at radius 1 is 1.43 bits per heavy atom. The zero-order valence-electron chi connectivity index (χ0n) is 15.3. The van der Waals surface area contributed by atoms with E-state index in [-0.39, 0.29) is 22.6 Å². The lowest BCUT2D eigenvalue weighted by Gasteiger charge is -2.11. The van der Waals surface area contributed by atoms with E-state index in [2.05, 4.69) is 25.5 Å². The molecule has 28 heavy (non-hydrogen) atoms. The molecule has 0 spiro atoms. The number of oxime groups is 1. The quantitative estimate of drug-likeness (QED) is 0.137. The predicted molar refractivity (Wildman–Crippen MR) is 104 cm³/mol. The van der Waals surface area contributed by atoms with Crippen LogP contribution in [0.4, 0.5) is 15.9 Å². The number of benzene rings is 1. The Hall–Kier alpha value is -2.98. The Kier molecular flexibility index (Phi) is 5.90. The van der Waals surface area contributed by atoms with Gasteiger partial charge in [0.15, 0.2) is 17.3 Å². The highest BCUT2D eigenvalue weighted by Crippen LogP contribution is 2.28. The first kappa shape index (κ1) is 19.8. The fourth-order valence-corrected chi connectivity index (χ4v) is 2.85. The lowest BCUT2D eigenvalue weighted by molar-refractivity contribution is 0.137. The van der Waals surface area contributed by atoms with E-state index in [9.17, 15) is 4.39 Å². The number of rotatable bonds is 7. The van der Waals surface area contributed by atoms with Crippen LogP contribution in [0.15, 0.2) is 23.4 Å². The Morgan fingerprint density at radius 3 is 2.89 bits per heavy atom. The molecule has 0 unspecified atom stereocenters. The number of hydrogen-bond acceptors (Lipinski definition) is 7. The average molecular weight is 408 g/mol. The van der Waals surface area contributed by atoms with Gasteiger partial charge in [-0.2, -0.15) is 10.1 Å². The molecule has 3 aromatic rings. The van der Waals surface area contributed by atoms with E-state index in [4.69, 9.17) is 27.3 Å². The molecule has 0 saturated carbocycles. The lowest BCUT2D eigenvalue weighted by Crippen LogP contribution is -2.15. The second-order valence-corrected chi connectivity index (χ2v) is 6.22. The number of anilines is 2. The van der Waals surface area contributed by atoms with Crippen LogP contribution in [-0.4, -0.2) is 44.0 Å². The highest BCUT2D eigenvalue weighted by atomic mass is 35.5. The number of ether oxygens (including phenoxy) is 1. The van der Waals surface area contributed by atoms with Crippen LogP contribution in [0.25, 0.3) is 11.0 Å². The van der Waals surface area contributed by atoms with Crippen LogP contribution in [0.1, 0.15) is 18.2 Å². The van der Waals surface area contributed by atoms with Crippen molar-refractivity contribution in [2.75, 3.05) is 18.5 Å². The van der Waals surface area contributed by atoms with E-state index in [1.54, 1.807) is 23.7 Å². The maximum absolute atomic E-state index is 13.6. The van der Waals surface area contributed by atoms with Gasteiger partial charge in [0, 0.05) is 12.3 Å². The predicted octanol–water partition coefficient (Wildman–Crippen LogP) is 2.80. The third-order valence-corrected chi connectivity index (χ3v) is 4.15. The van der Waals surface area contributed by atoms with Crippen molar-refractivity contribution in [2.45, 2.75) is 20.4 Å². The molecule has 0 radical (unpaired) electrons. The number of aromatic nitrogens is 4. The van der Waals surface area contributed by atoms with Crippen molar-refractivity contribution >= 4 is 40.0 Å². The summed E-state index contributed by atoms with van der Waals surface area (Å²) in [6.45, 7) is 4.86. The zero-order valence-corrected chi connectivity index (χ0v) is 16.0. The third-order valence-electron chi connectivity index (χ3n) is 3.98. The van der Waals surface area contributed by atoms with Crippen molar-refractivity contribution in [2.24, 2.45) is 10.9 Å². The number of nitrogens with two attached hydrogens (primary N) is 1. The second-order valence-electron chi connectivity index (χ2n) is 5.88. The van der Waals surface area contributed by atoms with Crippen LogP contribution in [-0.2, 0) is 11.3 Å². The first-order valence-electron chi connectivity index (χ1n) is 8.47. The minimum absolute atomic E-state index is 0.0508. The molecule has 2 heterocycles. The van der Waals surface area contributed by atoms with Crippen LogP contribution in [0, 0.1) is 12.7 Å². The van der Waals surface area contributed by atoms with Crippen molar-refractivity contribution in [3.63, 3.8) is 0 Å². The summed E-state index contributed by atoms with van der Waals surface area (Å²) >= 11 is 6.08. The fourth-order valence-electron chi connectivity index (χ4n) is 2.68. The van der Waals surface area contributed by atoms with Gasteiger partial charge in [-0.25, -0.2) is 9.37 Å². The van der Waals surface area contributed by atoms with Gasteiger partial charge < -0.3 is 21.0 Å². The molecule has 11 heteroatoms. The normalized spacial score (nSPS) is 11.9. The van der Waals surface area contributed by atoms with Crippen LogP contribution < -0.4 is 11.1 Å². The lowest BCUT2D eigenvalue weighted by atomic mass is 10.2. The van der Waals surface area contributed by atoms with Gasteiger partial charge in [0.25, 0.3) is 0 Å². The maximum Gasteiger partial charge on any atom is 0.225 e. The topological polar surface area (TPSA) is 123 Å². The number of nitrogens with zero attached hydrogens (tertiary/aromatic N) is 5. The van der Waals surface area contributed by atoms with Crippen LogP contribution in [0.3, 0.4) is 0 Å². The molecular weight excluding hydrogens is 389 g/mol. The average Bonchev–Trinajstić information content (AvgIpc) is 3.03. The second kappa shape index (κ2) is 8.36. The van der Waals surface area contributed by atoms with Crippen LogP contribution in [0.5, 0.6) is 0 Å². The van der Waals surface area contributed by atoms with Gasteiger partial charge in [0.05, 0.1) is 13.2 Å². The summed E-state index contributed by atoms with van der Waals surface area (Å²) in [4.78, 5) is 8.43. The molecule has 0 amide bonds. The van der Waals surface area contributed by atoms with Crippen LogP contribution in [0.2, 0.25) is 5.28 Å². The van der Waals surface area contributed by atoms with Gasteiger partial charge in [-0.1, -0.05) is 5.16 Å². The SMILES string of the molecule is CCOCCn1nc(C(N)=NO)c2nc(Cl)nc(Nc3ccc(F)c(C)c3)c21. The summed E-state index contributed by atoms with van der Waals surface area (Å²) in [6.07, 6.45) is 0. The Labute approximate surface area is 165 Å². The number of nitrogens with one attached hydrogen (secondary N) is 1. The van der Waals surface area contributed by atoms with Crippen molar-refractivity contribution in [3.8, 4) is 0 Å². The maximum atomic E-state index is 13.6. The Bertz CT molecular complexity index is 1040. The van der Waals surface area contributed by atoms with Gasteiger partial charge in [-0.15, -0.1) is 0 Å². The van der Waals surface area contributed by atoms with E-state index in [0.29, 0.717) is 47.9 Å². The number of hydrogen-bond donors (Lipinski definition) is 3. The van der Waals surface area contributed by atoms with Gasteiger partial charge in [-0.05, 0) is 49.2 Å². The Balaban J connectivity index is 2.14. The largest absolute Gasteiger partial charge is 0.409 e. The highest BCUT2D eigenvalue weighted by molar-refractivity contribution is 6.29. The summed E-state index contributed by atoms with van der Waals surface area (Å²) in [7, 11) is 0. The minimum atomic E-state index is -0.313. The first-order valence-corrected chi connectivity index (χ1v) is 8.85. The van der Waals surface area contributed by atoms with E-state index in [0.717, 1.165) is 0 Å². The molecule has 0 saturated heterocycles. The third kappa shape index (κ3) is 3.97. The number of aryl methyl sites for hydroxylation is 1. The van der Waals surface area contributed by atoms with Crippen molar-refractivity contribution in [3.05, 3.63) is 40.6 Å². The molecular formula is C17H19ClFN7O2. The standard InChI is InChI=1S/C17H19ClFN7O2/c1-3-28-7-6-26-14-12(13(24-26)15(20)25-27)22-17(18)23-16(14)21-10-4-5-11(19)9(2)8-10/h4-5,8,27H,3,6-7H2,1-2H3,(H2,20,25)(H,21,22,23). The molecule has 1 aromatic carbocycles. The van der Waals surface area contributed by atoms with Crippen LogP contribution >= 0.6 is 11.6 Å². The monoisotopic (exact) mass is 407 g/mol. The molecule has 2 aromatic heterocycles. The molecule has 4 N–H and O–H groups in total. The van der Waals surface area contributed by atoms with Gasteiger partial charge in [0.1, 0.15) is 16.9 Å². The molecule has 0 atom stereocenters. The molecule has 148 valence electrons. The smallest absolute Gasteiger partial charge is 0.225 e. The van der Waals surface area contributed by atoms with E-state index in [1.165, 1.54) is 6.07 Å². The van der Waals surface area contributed by atoms with Crippen molar-refractivity contribution < 1.29 is 14.3 Å². The molecule has 3 rings (SSSR count).